The van der Waals surface area contributed by atoms with Crippen molar-refractivity contribution in [3.05, 3.63) is 29.8 Å². The molecule has 21 heavy (non-hydrogen) atoms. The average Bonchev–Trinajstić information content (AvgIpc) is 2.47. The van der Waals surface area contributed by atoms with E-state index >= 15 is 0 Å². The number of nitrogens with one attached hydrogen (secondary N) is 1. The second kappa shape index (κ2) is 11.5. The zero-order chi connectivity index (χ0) is 15.3. The van der Waals surface area contributed by atoms with Gasteiger partial charge < -0.3 is 19.5 Å². The van der Waals surface area contributed by atoms with Gasteiger partial charge in [0.15, 0.2) is 0 Å². The molecule has 0 radical (unpaired) electrons. The van der Waals surface area contributed by atoms with Crippen LogP contribution >= 0.6 is 0 Å². The van der Waals surface area contributed by atoms with E-state index in [9.17, 15) is 0 Å². The maximum atomic E-state index is 5.80. The first-order valence-electron chi connectivity index (χ1n) is 7.72. The summed E-state index contributed by atoms with van der Waals surface area (Å²) in [4.78, 5) is 0. The normalized spacial score (nSPS) is 11.0. The Morgan fingerprint density at radius 2 is 1.86 bits per heavy atom. The highest BCUT2D eigenvalue weighted by Crippen LogP contribution is 2.17. The Bertz CT molecular complexity index is 369. The van der Waals surface area contributed by atoms with Crippen molar-refractivity contribution in [2.45, 2.75) is 26.8 Å². The standard InChI is InChI=1S/C17H29NO3/c1-15(2)13-18-14-16-7-4-5-8-17(16)21-12-11-20-10-6-9-19-3/h4-5,7-8,15,18H,6,9-14H2,1-3H3. The topological polar surface area (TPSA) is 39.7 Å². The fraction of sp³-hybridized carbons (Fsp3) is 0.647. The fourth-order valence-corrected chi connectivity index (χ4v) is 1.90. The molecule has 4 nitrogen and oxygen atoms in total. The van der Waals surface area contributed by atoms with Gasteiger partial charge in [0.25, 0.3) is 0 Å². The smallest absolute Gasteiger partial charge is 0.123 e. The van der Waals surface area contributed by atoms with E-state index in [1.54, 1.807) is 7.11 Å². The Morgan fingerprint density at radius 3 is 2.62 bits per heavy atom. The summed E-state index contributed by atoms with van der Waals surface area (Å²) in [6, 6.07) is 8.15. The first-order valence-corrected chi connectivity index (χ1v) is 7.72. The van der Waals surface area contributed by atoms with Gasteiger partial charge in [0, 0.05) is 32.4 Å². The molecule has 0 saturated heterocycles. The minimum atomic E-state index is 0.578. The van der Waals surface area contributed by atoms with Gasteiger partial charge in [-0.15, -0.1) is 0 Å². The molecule has 1 aromatic rings. The highest BCUT2D eigenvalue weighted by Gasteiger charge is 2.03. The van der Waals surface area contributed by atoms with Crippen molar-refractivity contribution in [3.63, 3.8) is 0 Å². The molecule has 4 heteroatoms. The van der Waals surface area contributed by atoms with Crippen LogP contribution in [0.5, 0.6) is 5.75 Å². The van der Waals surface area contributed by atoms with Gasteiger partial charge in [0.1, 0.15) is 12.4 Å². The van der Waals surface area contributed by atoms with Gasteiger partial charge in [0.05, 0.1) is 6.61 Å². The van der Waals surface area contributed by atoms with Gasteiger partial charge in [-0.25, -0.2) is 0 Å². The van der Waals surface area contributed by atoms with Crippen LogP contribution in [0.1, 0.15) is 25.8 Å². The summed E-state index contributed by atoms with van der Waals surface area (Å²) in [6.07, 6.45) is 0.923. The highest BCUT2D eigenvalue weighted by molar-refractivity contribution is 5.33. The van der Waals surface area contributed by atoms with E-state index in [0.717, 1.165) is 38.5 Å². The van der Waals surface area contributed by atoms with Crippen LogP contribution in [-0.4, -0.2) is 40.1 Å². The van der Waals surface area contributed by atoms with Gasteiger partial charge in [0.2, 0.25) is 0 Å². The van der Waals surface area contributed by atoms with E-state index in [-0.39, 0.29) is 0 Å². The molecule has 0 aliphatic rings. The maximum absolute atomic E-state index is 5.80. The lowest BCUT2D eigenvalue weighted by molar-refractivity contribution is 0.0804. The van der Waals surface area contributed by atoms with Crippen LogP contribution in [0.25, 0.3) is 0 Å². The van der Waals surface area contributed by atoms with Gasteiger partial charge >= 0.3 is 0 Å². The summed E-state index contributed by atoms with van der Waals surface area (Å²) >= 11 is 0. The second-order valence-corrected chi connectivity index (χ2v) is 5.44. The molecule has 0 atom stereocenters. The molecule has 1 rings (SSSR count). The summed E-state index contributed by atoms with van der Waals surface area (Å²) in [5, 5.41) is 3.44. The van der Waals surface area contributed by atoms with Gasteiger partial charge in [-0.1, -0.05) is 32.0 Å². The van der Waals surface area contributed by atoms with E-state index < -0.39 is 0 Å². The summed E-state index contributed by atoms with van der Waals surface area (Å²) in [6.45, 7) is 8.90. The largest absolute Gasteiger partial charge is 0.491 e. The van der Waals surface area contributed by atoms with Crippen LogP contribution in [0.4, 0.5) is 0 Å². The lowest BCUT2D eigenvalue weighted by atomic mass is 10.2. The van der Waals surface area contributed by atoms with Gasteiger partial charge in [-0.2, -0.15) is 0 Å². The Morgan fingerprint density at radius 1 is 1.05 bits per heavy atom. The van der Waals surface area contributed by atoms with Crippen molar-refractivity contribution in [1.29, 1.82) is 0 Å². The quantitative estimate of drug-likeness (QED) is 0.602. The third-order valence-corrected chi connectivity index (χ3v) is 2.96. The molecular formula is C17H29NO3. The number of hydrogen-bond acceptors (Lipinski definition) is 4. The number of methoxy groups -OCH3 is 1. The van der Waals surface area contributed by atoms with Crippen molar-refractivity contribution in [2.75, 3.05) is 40.1 Å². The minimum Gasteiger partial charge on any atom is -0.491 e. The van der Waals surface area contributed by atoms with E-state index in [0.29, 0.717) is 19.1 Å². The summed E-state index contributed by atoms with van der Waals surface area (Å²) < 4.78 is 16.3. The first kappa shape index (κ1) is 18.0. The molecule has 0 aliphatic heterocycles. The molecule has 0 unspecified atom stereocenters. The maximum Gasteiger partial charge on any atom is 0.123 e. The summed E-state index contributed by atoms with van der Waals surface area (Å²) in [5.41, 5.74) is 1.19. The second-order valence-electron chi connectivity index (χ2n) is 5.44. The lowest BCUT2D eigenvalue weighted by Crippen LogP contribution is -2.19. The van der Waals surface area contributed by atoms with Crippen LogP contribution in [-0.2, 0) is 16.0 Å². The molecule has 120 valence electrons. The zero-order valence-corrected chi connectivity index (χ0v) is 13.6. The van der Waals surface area contributed by atoms with Crippen molar-refractivity contribution in [3.8, 4) is 5.75 Å². The zero-order valence-electron chi connectivity index (χ0n) is 13.6. The van der Waals surface area contributed by atoms with Crippen LogP contribution in [0.15, 0.2) is 24.3 Å². The van der Waals surface area contributed by atoms with Gasteiger partial charge in [-0.05, 0) is 24.9 Å². The van der Waals surface area contributed by atoms with Crippen molar-refractivity contribution >= 4 is 0 Å². The predicted octanol–water partition coefficient (Wildman–Crippen LogP) is 2.86. The molecular weight excluding hydrogens is 266 g/mol. The van der Waals surface area contributed by atoms with Crippen LogP contribution in [0, 0.1) is 5.92 Å². The minimum absolute atomic E-state index is 0.578. The van der Waals surface area contributed by atoms with Crippen LogP contribution in [0.2, 0.25) is 0 Å². The van der Waals surface area contributed by atoms with E-state index in [1.165, 1.54) is 5.56 Å². The molecule has 0 saturated carbocycles. The van der Waals surface area contributed by atoms with Crippen molar-refractivity contribution < 1.29 is 14.2 Å². The third kappa shape index (κ3) is 8.71. The van der Waals surface area contributed by atoms with E-state index in [2.05, 4.69) is 25.2 Å². The van der Waals surface area contributed by atoms with E-state index in [4.69, 9.17) is 14.2 Å². The summed E-state index contributed by atoms with van der Waals surface area (Å²) in [7, 11) is 1.70. The lowest BCUT2D eigenvalue weighted by Gasteiger charge is -2.13. The number of hydrogen-bond donors (Lipinski definition) is 1. The molecule has 0 aromatic heterocycles. The number of ether oxygens (including phenoxy) is 3. The van der Waals surface area contributed by atoms with Crippen LogP contribution < -0.4 is 10.1 Å². The molecule has 0 aliphatic carbocycles. The first-order chi connectivity index (χ1) is 10.2. The predicted molar refractivity (Wildman–Crippen MR) is 85.8 cm³/mol. The molecule has 0 bridgehead atoms. The Hall–Kier alpha value is -1.10. The Kier molecular flexibility index (Phi) is 9.87. The van der Waals surface area contributed by atoms with Gasteiger partial charge in [-0.3, -0.25) is 0 Å². The number of para-hydroxylation sites is 1. The molecule has 0 fully saturated rings. The van der Waals surface area contributed by atoms with Crippen molar-refractivity contribution in [1.82, 2.24) is 5.32 Å². The SMILES string of the molecule is COCCCOCCOc1ccccc1CNCC(C)C. The molecule has 1 aromatic carbocycles. The van der Waals surface area contributed by atoms with Crippen molar-refractivity contribution in [2.24, 2.45) is 5.92 Å². The highest BCUT2D eigenvalue weighted by atomic mass is 16.5. The third-order valence-electron chi connectivity index (χ3n) is 2.96. The molecule has 1 N–H and O–H groups in total. The molecule has 0 heterocycles. The molecule has 0 spiro atoms. The average molecular weight is 295 g/mol. The number of benzene rings is 1. The van der Waals surface area contributed by atoms with E-state index in [1.807, 2.05) is 18.2 Å². The fourth-order valence-electron chi connectivity index (χ4n) is 1.90. The molecule has 0 amide bonds. The Balaban J connectivity index is 2.24. The Labute approximate surface area is 128 Å². The summed E-state index contributed by atoms with van der Waals surface area (Å²) in [5.74, 6) is 1.59. The monoisotopic (exact) mass is 295 g/mol. The number of rotatable bonds is 12. The van der Waals surface area contributed by atoms with Crippen LogP contribution in [0.3, 0.4) is 0 Å².